The Morgan fingerprint density at radius 1 is 1.06 bits per heavy atom. The third kappa shape index (κ3) is 4.50. The van der Waals surface area contributed by atoms with Crippen molar-refractivity contribution in [2.45, 2.75) is 23.8 Å². The van der Waals surface area contributed by atoms with Crippen LogP contribution in [-0.2, 0) is 21.3 Å². The predicted octanol–water partition coefficient (Wildman–Crippen LogP) is 3.96. The van der Waals surface area contributed by atoms with Gasteiger partial charge in [0.25, 0.3) is 5.78 Å². The van der Waals surface area contributed by atoms with Crippen molar-refractivity contribution in [2.24, 2.45) is 0 Å². The van der Waals surface area contributed by atoms with E-state index < -0.39 is 10.8 Å². The zero-order chi connectivity index (χ0) is 21.0. The van der Waals surface area contributed by atoms with Gasteiger partial charge in [0.15, 0.2) is 0 Å². The Labute approximate surface area is 183 Å². The molecule has 1 atom stereocenters. The Hall–Kier alpha value is -3.10. The van der Waals surface area contributed by atoms with Crippen molar-refractivity contribution in [3.8, 4) is 11.3 Å². The van der Waals surface area contributed by atoms with Gasteiger partial charge in [-0.3, -0.25) is 4.21 Å². The quantitative estimate of drug-likeness (QED) is 0.496. The van der Waals surface area contributed by atoms with Crippen LogP contribution in [0.5, 0.6) is 0 Å². The second kappa shape index (κ2) is 8.95. The van der Waals surface area contributed by atoms with Crippen LogP contribution in [0.25, 0.3) is 17.0 Å². The molecule has 0 saturated carbocycles. The summed E-state index contributed by atoms with van der Waals surface area (Å²) in [5.74, 6) is 1.84. The third-order valence-electron chi connectivity index (χ3n) is 5.37. The maximum absolute atomic E-state index is 12.8. The largest absolute Gasteiger partial charge is 0.381 e. The predicted molar refractivity (Wildman–Crippen MR) is 122 cm³/mol. The second-order valence-corrected chi connectivity index (χ2v) is 9.24. The SMILES string of the molecule is O=S(Cc1cccc(Nc2cc(-c3ccccc3)nc3ncnn23)c1)C1CCOCC1. The number of benzene rings is 2. The summed E-state index contributed by atoms with van der Waals surface area (Å²) >= 11 is 0. The molecule has 1 fully saturated rings. The van der Waals surface area contributed by atoms with E-state index in [4.69, 9.17) is 4.74 Å². The molecule has 1 aliphatic heterocycles. The zero-order valence-corrected chi connectivity index (χ0v) is 17.8. The van der Waals surface area contributed by atoms with E-state index in [0.717, 1.165) is 41.2 Å². The zero-order valence-electron chi connectivity index (χ0n) is 17.0. The smallest absolute Gasteiger partial charge is 0.254 e. The molecule has 2 aromatic heterocycles. The van der Waals surface area contributed by atoms with Crippen molar-refractivity contribution in [3.63, 3.8) is 0 Å². The van der Waals surface area contributed by atoms with Crippen LogP contribution >= 0.6 is 0 Å². The molecule has 31 heavy (non-hydrogen) atoms. The van der Waals surface area contributed by atoms with E-state index in [1.807, 2.05) is 60.7 Å². The van der Waals surface area contributed by atoms with Crippen LogP contribution < -0.4 is 5.32 Å². The van der Waals surface area contributed by atoms with Gasteiger partial charge in [0.1, 0.15) is 12.1 Å². The standard InChI is InChI=1S/C23H23N5O2S/c29-31(20-9-11-30-12-10-20)15-17-5-4-8-19(13-17)26-22-14-21(18-6-2-1-3-7-18)27-23-24-16-25-28(22)23/h1-8,13-14,16,20,26H,9-12,15H2. The molecule has 4 aromatic rings. The molecule has 8 heteroatoms. The topological polar surface area (TPSA) is 81.4 Å². The highest BCUT2D eigenvalue weighted by Gasteiger charge is 2.20. The van der Waals surface area contributed by atoms with E-state index in [2.05, 4.69) is 20.4 Å². The summed E-state index contributed by atoms with van der Waals surface area (Å²) in [6, 6.07) is 20.0. The van der Waals surface area contributed by atoms with E-state index in [-0.39, 0.29) is 5.25 Å². The average molecular weight is 434 g/mol. The summed E-state index contributed by atoms with van der Waals surface area (Å²) in [7, 11) is -0.902. The van der Waals surface area contributed by atoms with E-state index in [1.165, 1.54) is 6.33 Å². The molecule has 1 saturated heterocycles. The Morgan fingerprint density at radius 3 is 2.74 bits per heavy atom. The van der Waals surface area contributed by atoms with Crippen LogP contribution in [-0.4, -0.2) is 42.3 Å². The molecule has 1 N–H and O–H groups in total. The summed E-state index contributed by atoms with van der Waals surface area (Å²) in [5.41, 5.74) is 3.78. The summed E-state index contributed by atoms with van der Waals surface area (Å²) in [6.07, 6.45) is 3.23. The van der Waals surface area contributed by atoms with Crippen molar-refractivity contribution in [1.29, 1.82) is 0 Å². The van der Waals surface area contributed by atoms with Gasteiger partial charge in [-0.2, -0.15) is 14.6 Å². The lowest BCUT2D eigenvalue weighted by atomic mass is 10.1. The van der Waals surface area contributed by atoms with Crippen molar-refractivity contribution < 1.29 is 8.95 Å². The van der Waals surface area contributed by atoms with Crippen LogP contribution in [0.15, 0.2) is 67.0 Å². The van der Waals surface area contributed by atoms with Gasteiger partial charge in [0.2, 0.25) is 0 Å². The van der Waals surface area contributed by atoms with Gasteiger partial charge in [0.05, 0.1) is 5.69 Å². The molecule has 0 spiro atoms. The van der Waals surface area contributed by atoms with Crippen molar-refractivity contribution in [3.05, 3.63) is 72.6 Å². The molecule has 1 unspecified atom stereocenters. The van der Waals surface area contributed by atoms with Crippen molar-refractivity contribution in [2.75, 3.05) is 18.5 Å². The molecule has 158 valence electrons. The number of ether oxygens (including phenoxy) is 1. The van der Waals surface area contributed by atoms with Crippen LogP contribution in [0, 0.1) is 0 Å². The fourth-order valence-electron chi connectivity index (χ4n) is 3.77. The van der Waals surface area contributed by atoms with E-state index in [9.17, 15) is 4.21 Å². The molecular formula is C23H23N5O2S. The molecule has 3 heterocycles. The maximum atomic E-state index is 12.8. The minimum Gasteiger partial charge on any atom is -0.381 e. The average Bonchev–Trinajstić information content (AvgIpc) is 3.30. The molecule has 0 aliphatic carbocycles. The van der Waals surface area contributed by atoms with Crippen LogP contribution in [0.3, 0.4) is 0 Å². The molecule has 7 nitrogen and oxygen atoms in total. The minimum absolute atomic E-state index is 0.216. The van der Waals surface area contributed by atoms with Gasteiger partial charge in [-0.1, -0.05) is 42.5 Å². The number of fused-ring (bicyclic) bond motifs is 1. The maximum Gasteiger partial charge on any atom is 0.254 e. The number of aromatic nitrogens is 4. The van der Waals surface area contributed by atoms with Crippen LogP contribution in [0.2, 0.25) is 0 Å². The number of rotatable bonds is 6. The van der Waals surface area contributed by atoms with Gasteiger partial charge in [-0.15, -0.1) is 0 Å². The van der Waals surface area contributed by atoms with Crippen molar-refractivity contribution in [1.82, 2.24) is 19.6 Å². The third-order valence-corrected chi connectivity index (χ3v) is 7.20. The first-order valence-electron chi connectivity index (χ1n) is 10.3. The lowest BCUT2D eigenvalue weighted by Crippen LogP contribution is -2.25. The Morgan fingerprint density at radius 2 is 1.90 bits per heavy atom. The van der Waals surface area contributed by atoms with Crippen LogP contribution in [0.1, 0.15) is 18.4 Å². The van der Waals surface area contributed by atoms with Crippen molar-refractivity contribution >= 4 is 28.1 Å². The first kappa shape index (κ1) is 19.8. The van der Waals surface area contributed by atoms with Gasteiger partial charge < -0.3 is 10.1 Å². The Balaban J connectivity index is 1.40. The number of nitrogens with one attached hydrogen (secondary N) is 1. The number of hydrogen-bond donors (Lipinski definition) is 1. The molecule has 1 aliphatic rings. The summed E-state index contributed by atoms with van der Waals surface area (Å²) in [5, 5.41) is 7.96. The first-order chi connectivity index (χ1) is 15.3. The van der Waals surface area contributed by atoms with Crippen LogP contribution in [0.4, 0.5) is 11.5 Å². The fraction of sp³-hybridized carbons (Fsp3) is 0.261. The Kier molecular flexibility index (Phi) is 5.73. The molecule has 5 rings (SSSR count). The lowest BCUT2D eigenvalue weighted by Gasteiger charge is -2.21. The van der Waals surface area contributed by atoms with Gasteiger partial charge in [0, 0.05) is 52.3 Å². The van der Waals surface area contributed by atoms with Gasteiger partial charge >= 0.3 is 0 Å². The lowest BCUT2D eigenvalue weighted by molar-refractivity contribution is 0.0992. The van der Waals surface area contributed by atoms with E-state index >= 15 is 0 Å². The molecule has 2 aromatic carbocycles. The summed E-state index contributed by atoms with van der Waals surface area (Å²) in [6.45, 7) is 1.41. The second-order valence-electron chi connectivity index (χ2n) is 7.53. The van der Waals surface area contributed by atoms with Gasteiger partial charge in [-0.25, -0.2) is 4.98 Å². The normalized spacial score (nSPS) is 15.7. The molecule has 0 bridgehead atoms. The highest BCUT2D eigenvalue weighted by molar-refractivity contribution is 7.84. The number of nitrogens with zero attached hydrogens (tertiary/aromatic N) is 4. The molecule has 0 amide bonds. The minimum atomic E-state index is -0.902. The fourth-order valence-corrected chi connectivity index (χ4v) is 5.23. The monoisotopic (exact) mass is 433 g/mol. The Bertz CT molecular complexity index is 1210. The highest BCUT2D eigenvalue weighted by atomic mass is 32.2. The molecule has 0 radical (unpaired) electrons. The highest BCUT2D eigenvalue weighted by Crippen LogP contribution is 2.25. The van der Waals surface area contributed by atoms with Gasteiger partial charge in [-0.05, 0) is 30.5 Å². The number of hydrogen-bond acceptors (Lipinski definition) is 6. The summed E-state index contributed by atoms with van der Waals surface area (Å²) < 4.78 is 19.9. The first-order valence-corrected chi connectivity index (χ1v) is 11.7. The summed E-state index contributed by atoms with van der Waals surface area (Å²) in [4.78, 5) is 8.88. The molecular weight excluding hydrogens is 410 g/mol. The van der Waals surface area contributed by atoms with E-state index in [1.54, 1.807) is 4.52 Å². The number of anilines is 2. The van der Waals surface area contributed by atoms with E-state index in [0.29, 0.717) is 24.7 Å².